The molecule has 0 saturated heterocycles. The van der Waals surface area contributed by atoms with E-state index in [0.29, 0.717) is 5.02 Å². The number of carbonyl (C=O) groups excluding carboxylic acids is 1. The number of imidazole rings is 1. The van der Waals surface area contributed by atoms with Crippen molar-refractivity contribution in [2.45, 2.75) is 43.1 Å². The van der Waals surface area contributed by atoms with E-state index in [2.05, 4.69) is 27.4 Å². The molecule has 136 valence electrons. The monoisotopic (exact) mass is 387 g/mol. The van der Waals surface area contributed by atoms with Gasteiger partial charge in [0.15, 0.2) is 5.16 Å². The summed E-state index contributed by atoms with van der Waals surface area (Å²) in [5, 5.41) is 4.25. The lowest BCUT2D eigenvalue weighted by molar-refractivity contribution is -0.120. The number of nitrogens with one attached hydrogen (secondary N) is 2. The van der Waals surface area contributed by atoms with E-state index in [9.17, 15) is 4.79 Å². The summed E-state index contributed by atoms with van der Waals surface area (Å²) in [7, 11) is 0. The maximum absolute atomic E-state index is 12.4. The minimum absolute atomic E-state index is 0.0223. The number of thioether (sulfide) groups is 1. The van der Waals surface area contributed by atoms with Crippen LogP contribution in [0.4, 0.5) is 0 Å². The molecular weight excluding hydrogens is 366 g/mol. The molecule has 1 aromatic heterocycles. The van der Waals surface area contributed by atoms with Crippen LogP contribution >= 0.6 is 23.4 Å². The van der Waals surface area contributed by atoms with Gasteiger partial charge in [-0.3, -0.25) is 4.79 Å². The molecule has 1 heterocycles. The maximum Gasteiger partial charge on any atom is 0.233 e. The van der Waals surface area contributed by atoms with Crippen molar-refractivity contribution in [2.24, 2.45) is 0 Å². The Hall–Kier alpha value is -1.98. The van der Waals surface area contributed by atoms with Gasteiger partial charge in [-0.2, -0.15) is 0 Å². The van der Waals surface area contributed by atoms with Gasteiger partial charge in [0.05, 0.1) is 16.3 Å². The van der Waals surface area contributed by atoms with Gasteiger partial charge in [0.25, 0.3) is 0 Å². The molecule has 3 aromatic rings. The lowest BCUT2D eigenvalue weighted by Crippen LogP contribution is -2.37. The molecule has 0 saturated carbocycles. The Bertz CT molecular complexity index is 881. The molecule has 3 rings (SSSR count). The smallest absolute Gasteiger partial charge is 0.233 e. The number of hydrogen-bond donors (Lipinski definition) is 2. The number of hydrogen-bond acceptors (Lipinski definition) is 3. The van der Waals surface area contributed by atoms with E-state index in [0.717, 1.165) is 29.0 Å². The first-order chi connectivity index (χ1) is 12.5. The largest absolute Gasteiger partial charge is 0.353 e. The van der Waals surface area contributed by atoms with Crippen LogP contribution < -0.4 is 5.32 Å². The number of aromatic amines is 1. The average molecular weight is 388 g/mol. The number of benzene rings is 2. The molecule has 2 N–H and O–H groups in total. The number of carbonyl (C=O) groups is 1. The minimum atomic E-state index is -0.231. The lowest BCUT2D eigenvalue weighted by atomic mass is 10.1. The second kappa shape index (κ2) is 8.60. The van der Waals surface area contributed by atoms with Crippen LogP contribution in [-0.2, 0) is 11.2 Å². The number of aryl methyl sites for hydroxylation is 1. The summed E-state index contributed by atoms with van der Waals surface area (Å²) in [5.41, 5.74) is 3.02. The minimum Gasteiger partial charge on any atom is -0.353 e. The predicted octanol–water partition coefficient (Wildman–Crippen LogP) is 4.83. The van der Waals surface area contributed by atoms with Gasteiger partial charge in [0, 0.05) is 11.1 Å². The van der Waals surface area contributed by atoms with Crippen LogP contribution in [0.5, 0.6) is 0 Å². The molecule has 4 nitrogen and oxygen atoms in total. The molecule has 0 unspecified atom stereocenters. The number of H-pyrrole nitrogens is 1. The zero-order valence-electron chi connectivity index (χ0n) is 14.8. The molecule has 2 aromatic carbocycles. The molecule has 0 aliphatic heterocycles. The fraction of sp³-hybridized carbons (Fsp3) is 0.300. The normalized spacial score (nSPS) is 13.5. The van der Waals surface area contributed by atoms with Gasteiger partial charge in [-0.05, 0) is 50.5 Å². The van der Waals surface area contributed by atoms with E-state index in [-0.39, 0.29) is 17.2 Å². The van der Waals surface area contributed by atoms with E-state index in [4.69, 9.17) is 11.6 Å². The van der Waals surface area contributed by atoms with Crippen LogP contribution in [0.25, 0.3) is 11.0 Å². The SMILES string of the molecule is C[C@@H](CCc1ccccc1)NC(=O)[C@@H](C)Sc1nc2ccc(Cl)cc2[nH]1. The molecule has 6 heteroatoms. The molecule has 26 heavy (non-hydrogen) atoms. The third-order valence-electron chi connectivity index (χ3n) is 4.18. The fourth-order valence-electron chi connectivity index (χ4n) is 2.70. The number of rotatable bonds is 7. The van der Waals surface area contributed by atoms with Crippen LogP contribution in [0.3, 0.4) is 0 Å². The van der Waals surface area contributed by atoms with Crippen molar-refractivity contribution < 1.29 is 4.79 Å². The van der Waals surface area contributed by atoms with Crippen LogP contribution in [0.15, 0.2) is 53.7 Å². The van der Waals surface area contributed by atoms with Gasteiger partial charge in [0.1, 0.15) is 0 Å². The Morgan fingerprint density at radius 3 is 2.77 bits per heavy atom. The maximum atomic E-state index is 12.4. The summed E-state index contributed by atoms with van der Waals surface area (Å²) in [6, 6.07) is 16.0. The first kappa shape index (κ1) is 18.8. The van der Waals surface area contributed by atoms with Crippen LogP contribution in [0.1, 0.15) is 25.8 Å². The number of halogens is 1. The summed E-state index contributed by atoms with van der Waals surface area (Å²) in [4.78, 5) is 20.2. The van der Waals surface area contributed by atoms with E-state index < -0.39 is 0 Å². The molecule has 0 fully saturated rings. The van der Waals surface area contributed by atoms with Gasteiger partial charge in [-0.15, -0.1) is 0 Å². The molecule has 1 amide bonds. The van der Waals surface area contributed by atoms with Gasteiger partial charge in [0.2, 0.25) is 5.91 Å². The Morgan fingerprint density at radius 1 is 1.23 bits per heavy atom. The third-order valence-corrected chi connectivity index (χ3v) is 5.40. The van der Waals surface area contributed by atoms with Crippen molar-refractivity contribution in [3.63, 3.8) is 0 Å². The van der Waals surface area contributed by atoms with Gasteiger partial charge >= 0.3 is 0 Å². The van der Waals surface area contributed by atoms with Crippen molar-refractivity contribution in [1.29, 1.82) is 0 Å². The summed E-state index contributed by atoms with van der Waals surface area (Å²) in [6.07, 6.45) is 1.87. The average Bonchev–Trinajstić information content (AvgIpc) is 3.02. The first-order valence-electron chi connectivity index (χ1n) is 8.67. The van der Waals surface area contributed by atoms with Crippen molar-refractivity contribution in [3.05, 3.63) is 59.1 Å². The summed E-state index contributed by atoms with van der Waals surface area (Å²) in [5.74, 6) is 0.0223. The number of fused-ring (bicyclic) bond motifs is 1. The predicted molar refractivity (Wildman–Crippen MR) is 109 cm³/mol. The Labute approximate surface area is 162 Å². The standard InChI is InChI=1S/C20H22ClN3OS/c1-13(8-9-15-6-4-3-5-7-15)22-19(25)14(2)26-20-23-17-11-10-16(21)12-18(17)24-20/h3-7,10-14H,8-9H2,1-2H3,(H,22,25)(H,23,24)/t13-,14+/m0/s1. The van der Waals surface area contributed by atoms with Crippen LogP contribution in [-0.4, -0.2) is 27.2 Å². The van der Waals surface area contributed by atoms with Crippen molar-refractivity contribution >= 4 is 40.3 Å². The van der Waals surface area contributed by atoms with Crippen LogP contribution in [0, 0.1) is 0 Å². The number of amides is 1. The first-order valence-corrected chi connectivity index (χ1v) is 9.93. The zero-order chi connectivity index (χ0) is 18.5. The Balaban J connectivity index is 1.51. The second-order valence-corrected chi connectivity index (χ2v) is 8.16. The highest BCUT2D eigenvalue weighted by Gasteiger charge is 2.18. The Morgan fingerprint density at radius 2 is 2.00 bits per heavy atom. The summed E-state index contributed by atoms with van der Waals surface area (Å²) in [6.45, 7) is 3.94. The Kier molecular flexibility index (Phi) is 6.22. The molecular formula is C20H22ClN3OS. The van der Waals surface area contributed by atoms with Crippen molar-refractivity contribution in [1.82, 2.24) is 15.3 Å². The van der Waals surface area contributed by atoms with E-state index in [1.54, 1.807) is 0 Å². The van der Waals surface area contributed by atoms with Crippen LogP contribution in [0.2, 0.25) is 5.02 Å². The molecule has 0 radical (unpaired) electrons. The summed E-state index contributed by atoms with van der Waals surface area (Å²) >= 11 is 7.41. The highest BCUT2D eigenvalue weighted by atomic mass is 35.5. The van der Waals surface area contributed by atoms with Gasteiger partial charge in [-0.25, -0.2) is 4.98 Å². The highest BCUT2D eigenvalue weighted by Crippen LogP contribution is 2.25. The molecule has 0 aliphatic carbocycles. The highest BCUT2D eigenvalue weighted by molar-refractivity contribution is 8.00. The van der Waals surface area contributed by atoms with E-state index >= 15 is 0 Å². The zero-order valence-corrected chi connectivity index (χ0v) is 16.4. The molecule has 0 aliphatic rings. The number of aromatic nitrogens is 2. The van der Waals surface area contributed by atoms with Crippen molar-refractivity contribution in [2.75, 3.05) is 0 Å². The summed E-state index contributed by atoms with van der Waals surface area (Å²) < 4.78 is 0. The van der Waals surface area contributed by atoms with E-state index in [1.165, 1.54) is 17.3 Å². The fourth-order valence-corrected chi connectivity index (χ4v) is 3.70. The molecule has 0 spiro atoms. The van der Waals surface area contributed by atoms with Gasteiger partial charge < -0.3 is 10.3 Å². The quantitative estimate of drug-likeness (QED) is 0.570. The lowest BCUT2D eigenvalue weighted by Gasteiger charge is -2.16. The topological polar surface area (TPSA) is 57.8 Å². The molecule has 0 bridgehead atoms. The van der Waals surface area contributed by atoms with Gasteiger partial charge in [-0.1, -0.05) is 53.7 Å². The van der Waals surface area contributed by atoms with E-state index in [1.807, 2.05) is 50.2 Å². The third kappa shape index (κ3) is 5.02. The number of nitrogens with zero attached hydrogens (tertiary/aromatic N) is 1. The van der Waals surface area contributed by atoms with Crippen molar-refractivity contribution in [3.8, 4) is 0 Å². The molecule has 2 atom stereocenters. The second-order valence-electron chi connectivity index (χ2n) is 6.40.